The molecule has 0 bridgehead atoms. The van der Waals surface area contributed by atoms with Crippen molar-refractivity contribution in [2.24, 2.45) is 0 Å². The van der Waals surface area contributed by atoms with E-state index in [2.05, 4.69) is 10.6 Å². The summed E-state index contributed by atoms with van der Waals surface area (Å²) in [6, 6.07) is 0.248. The van der Waals surface area contributed by atoms with Gasteiger partial charge in [-0.15, -0.1) is 0 Å². The summed E-state index contributed by atoms with van der Waals surface area (Å²) in [4.78, 5) is 11.0. The van der Waals surface area contributed by atoms with Gasteiger partial charge in [-0.1, -0.05) is 0 Å². The van der Waals surface area contributed by atoms with Crippen LogP contribution in [0.1, 0.15) is 13.3 Å². The Morgan fingerprint density at radius 3 is 3.00 bits per heavy atom. The monoisotopic (exact) mass is 172 g/mol. The van der Waals surface area contributed by atoms with Crippen molar-refractivity contribution in [3.05, 3.63) is 0 Å². The standard InChI is InChI=1S/C8H16N2O2/c1-2-12-8(11)5-7-6-9-3-4-10-7/h7,9-10H,2-6H2,1H3/t7-/m0/s1. The van der Waals surface area contributed by atoms with Crippen LogP contribution in [0.2, 0.25) is 0 Å². The first-order valence-electron chi connectivity index (χ1n) is 4.42. The topological polar surface area (TPSA) is 50.4 Å². The molecule has 4 heteroatoms. The van der Waals surface area contributed by atoms with Crippen LogP contribution in [-0.2, 0) is 9.53 Å². The van der Waals surface area contributed by atoms with E-state index in [1.165, 1.54) is 0 Å². The highest BCUT2D eigenvalue weighted by molar-refractivity contribution is 5.70. The van der Waals surface area contributed by atoms with Crippen molar-refractivity contribution in [2.45, 2.75) is 19.4 Å². The summed E-state index contributed by atoms with van der Waals surface area (Å²) in [5, 5.41) is 6.46. The highest BCUT2D eigenvalue weighted by Crippen LogP contribution is 1.96. The Morgan fingerprint density at radius 2 is 2.42 bits per heavy atom. The number of ether oxygens (including phenoxy) is 1. The van der Waals surface area contributed by atoms with E-state index in [9.17, 15) is 4.79 Å². The molecule has 1 rings (SSSR count). The maximum absolute atomic E-state index is 11.0. The third kappa shape index (κ3) is 3.19. The largest absolute Gasteiger partial charge is 0.466 e. The van der Waals surface area contributed by atoms with Crippen molar-refractivity contribution in [3.8, 4) is 0 Å². The van der Waals surface area contributed by atoms with Crippen molar-refractivity contribution in [1.82, 2.24) is 10.6 Å². The number of rotatable bonds is 3. The Hall–Kier alpha value is -0.610. The number of piperazine rings is 1. The molecule has 4 nitrogen and oxygen atoms in total. The molecule has 0 aliphatic carbocycles. The van der Waals surface area contributed by atoms with Crippen molar-refractivity contribution < 1.29 is 9.53 Å². The summed E-state index contributed by atoms with van der Waals surface area (Å²) in [6.07, 6.45) is 0.473. The van der Waals surface area contributed by atoms with E-state index in [4.69, 9.17) is 4.74 Å². The molecule has 1 saturated heterocycles. The van der Waals surface area contributed by atoms with E-state index in [0.717, 1.165) is 19.6 Å². The minimum atomic E-state index is -0.112. The van der Waals surface area contributed by atoms with Crippen molar-refractivity contribution >= 4 is 5.97 Å². The van der Waals surface area contributed by atoms with Gasteiger partial charge >= 0.3 is 5.97 Å². The molecule has 1 fully saturated rings. The van der Waals surface area contributed by atoms with Crippen LogP contribution in [0.5, 0.6) is 0 Å². The molecule has 0 radical (unpaired) electrons. The number of hydrogen-bond acceptors (Lipinski definition) is 4. The van der Waals surface area contributed by atoms with Gasteiger partial charge in [0.15, 0.2) is 0 Å². The second-order valence-corrected chi connectivity index (χ2v) is 2.86. The molecule has 0 saturated carbocycles. The molecule has 12 heavy (non-hydrogen) atoms. The molecule has 0 amide bonds. The number of carbonyl (C=O) groups excluding carboxylic acids is 1. The van der Waals surface area contributed by atoms with E-state index < -0.39 is 0 Å². The van der Waals surface area contributed by atoms with Crippen LogP contribution in [0.4, 0.5) is 0 Å². The molecule has 70 valence electrons. The van der Waals surface area contributed by atoms with Crippen molar-refractivity contribution in [1.29, 1.82) is 0 Å². The van der Waals surface area contributed by atoms with E-state index in [0.29, 0.717) is 13.0 Å². The fourth-order valence-electron chi connectivity index (χ4n) is 1.28. The lowest BCUT2D eigenvalue weighted by atomic mass is 10.2. The normalized spacial score (nSPS) is 23.6. The van der Waals surface area contributed by atoms with Gasteiger partial charge < -0.3 is 15.4 Å². The molecule has 1 heterocycles. The zero-order valence-electron chi connectivity index (χ0n) is 7.43. The Kier molecular flexibility index (Phi) is 4.04. The fourth-order valence-corrected chi connectivity index (χ4v) is 1.28. The number of esters is 1. The van der Waals surface area contributed by atoms with Crippen LogP contribution in [0, 0.1) is 0 Å². The minimum Gasteiger partial charge on any atom is -0.466 e. The highest BCUT2D eigenvalue weighted by Gasteiger charge is 2.15. The summed E-state index contributed by atoms with van der Waals surface area (Å²) < 4.78 is 4.84. The molecule has 0 aromatic carbocycles. The molecular formula is C8H16N2O2. The lowest BCUT2D eigenvalue weighted by Gasteiger charge is -2.23. The summed E-state index contributed by atoms with van der Waals surface area (Å²) in [5.74, 6) is -0.112. The van der Waals surface area contributed by atoms with Gasteiger partial charge in [-0.05, 0) is 6.92 Å². The van der Waals surface area contributed by atoms with Crippen molar-refractivity contribution in [2.75, 3.05) is 26.2 Å². The molecule has 0 spiro atoms. The van der Waals surface area contributed by atoms with Crippen LogP contribution >= 0.6 is 0 Å². The van der Waals surface area contributed by atoms with Gasteiger partial charge in [0.1, 0.15) is 0 Å². The molecule has 1 aliphatic heterocycles. The average molecular weight is 172 g/mol. The van der Waals surface area contributed by atoms with Gasteiger partial charge in [0.2, 0.25) is 0 Å². The van der Waals surface area contributed by atoms with Gasteiger partial charge in [-0.3, -0.25) is 4.79 Å². The Bertz CT molecular complexity index is 144. The molecule has 1 atom stereocenters. The van der Waals surface area contributed by atoms with Gasteiger partial charge in [0, 0.05) is 25.7 Å². The molecule has 1 aliphatic rings. The van der Waals surface area contributed by atoms with Crippen LogP contribution in [0.3, 0.4) is 0 Å². The lowest BCUT2D eigenvalue weighted by Crippen LogP contribution is -2.49. The Balaban J connectivity index is 2.15. The zero-order valence-corrected chi connectivity index (χ0v) is 7.43. The second kappa shape index (κ2) is 5.11. The van der Waals surface area contributed by atoms with Crippen LogP contribution in [0.25, 0.3) is 0 Å². The first-order valence-corrected chi connectivity index (χ1v) is 4.42. The molecular weight excluding hydrogens is 156 g/mol. The average Bonchev–Trinajstić information content (AvgIpc) is 2.06. The SMILES string of the molecule is CCOC(=O)C[C@H]1CNCCN1. The predicted octanol–water partition coefficient (Wildman–Crippen LogP) is -0.499. The number of hydrogen-bond donors (Lipinski definition) is 2. The lowest BCUT2D eigenvalue weighted by molar-refractivity contribution is -0.143. The molecule has 0 aromatic heterocycles. The second-order valence-electron chi connectivity index (χ2n) is 2.86. The number of carbonyl (C=O) groups is 1. The van der Waals surface area contributed by atoms with Gasteiger partial charge in [0.05, 0.1) is 13.0 Å². The molecule has 2 N–H and O–H groups in total. The quantitative estimate of drug-likeness (QED) is 0.564. The smallest absolute Gasteiger partial charge is 0.307 e. The molecule has 0 unspecified atom stereocenters. The fraction of sp³-hybridized carbons (Fsp3) is 0.875. The van der Waals surface area contributed by atoms with E-state index in [1.807, 2.05) is 6.92 Å². The maximum Gasteiger partial charge on any atom is 0.307 e. The number of nitrogens with one attached hydrogen (secondary N) is 2. The molecule has 0 aromatic rings. The zero-order chi connectivity index (χ0) is 8.81. The van der Waals surface area contributed by atoms with Crippen LogP contribution in [-0.4, -0.2) is 38.3 Å². The Morgan fingerprint density at radius 1 is 1.58 bits per heavy atom. The minimum absolute atomic E-state index is 0.112. The van der Waals surface area contributed by atoms with Crippen LogP contribution in [0.15, 0.2) is 0 Å². The predicted molar refractivity (Wildman–Crippen MR) is 45.9 cm³/mol. The third-order valence-corrected chi connectivity index (χ3v) is 1.84. The first-order chi connectivity index (χ1) is 5.83. The van der Waals surface area contributed by atoms with Crippen LogP contribution < -0.4 is 10.6 Å². The van der Waals surface area contributed by atoms with Gasteiger partial charge in [0.25, 0.3) is 0 Å². The maximum atomic E-state index is 11.0. The Labute approximate surface area is 72.7 Å². The summed E-state index contributed by atoms with van der Waals surface area (Å²) in [6.45, 7) is 5.08. The highest BCUT2D eigenvalue weighted by atomic mass is 16.5. The van der Waals surface area contributed by atoms with Gasteiger partial charge in [-0.2, -0.15) is 0 Å². The summed E-state index contributed by atoms with van der Waals surface area (Å²) in [7, 11) is 0. The van der Waals surface area contributed by atoms with Crippen molar-refractivity contribution in [3.63, 3.8) is 0 Å². The summed E-state index contributed by atoms with van der Waals surface area (Å²) >= 11 is 0. The summed E-state index contributed by atoms with van der Waals surface area (Å²) in [5.41, 5.74) is 0. The van der Waals surface area contributed by atoms with E-state index >= 15 is 0 Å². The first kappa shape index (κ1) is 9.48. The van der Waals surface area contributed by atoms with E-state index in [1.54, 1.807) is 0 Å². The van der Waals surface area contributed by atoms with E-state index in [-0.39, 0.29) is 12.0 Å². The third-order valence-electron chi connectivity index (χ3n) is 1.84. The van der Waals surface area contributed by atoms with Gasteiger partial charge in [-0.25, -0.2) is 0 Å².